The Morgan fingerprint density at radius 2 is 1.86 bits per heavy atom. The molecular formula is C31H39N9O4. The van der Waals surface area contributed by atoms with Crippen molar-refractivity contribution in [3.8, 4) is 6.07 Å². The molecule has 3 fully saturated rings. The van der Waals surface area contributed by atoms with E-state index in [9.17, 15) is 10.1 Å². The second-order valence-electron chi connectivity index (χ2n) is 11.7. The number of methoxy groups -OCH3 is 1. The molecule has 0 radical (unpaired) electrons. The van der Waals surface area contributed by atoms with E-state index in [1.807, 2.05) is 42.2 Å². The molecule has 13 nitrogen and oxygen atoms in total. The maximum Gasteiger partial charge on any atom is 0.404 e. The van der Waals surface area contributed by atoms with Gasteiger partial charge in [-0.2, -0.15) is 10.2 Å². The van der Waals surface area contributed by atoms with E-state index in [2.05, 4.69) is 37.7 Å². The van der Waals surface area contributed by atoms with Crippen molar-refractivity contribution in [1.82, 2.24) is 19.9 Å². The molecule has 3 aliphatic heterocycles. The summed E-state index contributed by atoms with van der Waals surface area (Å²) in [4.78, 5) is 34.5. The Hall–Kier alpha value is -4.25. The molecule has 6 rings (SSSR count). The Morgan fingerprint density at radius 3 is 2.61 bits per heavy atom. The number of aromatic nitrogens is 3. The molecule has 5 heterocycles. The Kier molecular flexibility index (Phi) is 8.65. The van der Waals surface area contributed by atoms with Gasteiger partial charge in [-0.1, -0.05) is 0 Å². The maximum atomic E-state index is 11.4. The van der Waals surface area contributed by atoms with Crippen molar-refractivity contribution in [1.29, 1.82) is 5.26 Å². The molecule has 1 aromatic carbocycles. The zero-order valence-corrected chi connectivity index (χ0v) is 25.4. The van der Waals surface area contributed by atoms with Gasteiger partial charge in [0.15, 0.2) is 0 Å². The van der Waals surface area contributed by atoms with Crippen molar-refractivity contribution >= 4 is 34.4 Å². The average molecular weight is 602 g/mol. The summed E-state index contributed by atoms with van der Waals surface area (Å²) in [7, 11) is 1.59. The van der Waals surface area contributed by atoms with Crippen LogP contribution in [0.1, 0.15) is 18.2 Å². The number of anilines is 3. The fourth-order valence-electron chi connectivity index (χ4n) is 6.55. The molecule has 2 aromatic heterocycles. The minimum absolute atomic E-state index is 0.0556. The number of benzene rings is 1. The number of nitrogens with two attached hydrogens (primary N) is 1. The van der Waals surface area contributed by atoms with Gasteiger partial charge in [0, 0.05) is 82.0 Å². The number of morpholine rings is 1. The molecule has 3 aromatic rings. The van der Waals surface area contributed by atoms with Crippen LogP contribution in [0.25, 0.3) is 10.9 Å². The van der Waals surface area contributed by atoms with E-state index in [1.165, 1.54) is 0 Å². The smallest absolute Gasteiger partial charge is 0.404 e. The molecule has 3 saturated heterocycles. The lowest BCUT2D eigenvalue weighted by atomic mass is 10.1. The van der Waals surface area contributed by atoms with E-state index in [4.69, 9.17) is 24.9 Å². The molecule has 232 valence electrons. The lowest BCUT2D eigenvalue weighted by Gasteiger charge is -2.42. The highest BCUT2D eigenvalue weighted by molar-refractivity contribution is 5.95. The predicted octanol–water partition coefficient (Wildman–Crippen LogP) is 1.92. The number of primary amides is 1. The third-order valence-electron chi connectivity index (χ3n) is 8.59. The van der Waals surface area contributed by atoms with Crippen LogP contribution in [0, 0.1) is 18.3 Å². The number of ether oxygens (including phenoxy) is 3. The van der Waals surface area contributed by atoms with Crippen LogP contribution in [0.2, 0.25) is 0 Å². The van der Waals surface area contributed by atoms with E-state index < -0.39 is 12.2 Å². The minimum Gasteiger partial charge on any atom is -0.442 e. The van der Waals surface area contributed by atoms with Crippen molar-refractivity contribution in [3.05, 3.63) is 47.8 Å². The first-order valence-corrected chi connectivity index (χ1v) is 15.1. The molecule has 13 heteroatoms. The molecule has 4 atom stereocenters. The number of amides is 1. The maximum absolute atomic E-state index is 11.4. The van der Waals surface area contributed by atoms with Gasteiger partial charge in [-0.3, -0.25) is 9.88 Å². The Balaban J connectivity index is 1.09. The summed E-state index contributed by atoms with van der Waals surface area (Å²) in [6.45, 7) is 10.9. The van der Waals surface area contributed by atoms with Gasteiger partial charge in [0.25, 0.3) is 0 Å². The van der Waals surface area contributed by atoms with Gasteiger partial charge >= 0.3 is 6.09 Å². The summed E-state index contributed by atoms with van der Waals surface area (Å²) in [5.74, 6) is 1.48. The number of fused-ring (bicyclic) bond motifs is 1. The first kappa shape index (κ1) is 29.8. The number of nitriles is 1. The normalized spacial score (nSPS) is 24.5. The molecule has 0 aliphatic carbocycles. The number of carbonyl (C=O) groups excluding carboxylic acids is 1. The zero-order valence-electron chi connectivity index (χ0n) is 25.4. The van der Waals surface area contributed by atoms with Crippen LogP contribution < -0.4 is 20.4 Å². The molecule has 2 N–H and O–H groups in total. The molecule has 0 bridgehead atoms. The zero-order chi connectivity index (χ0) is 30.8. The van der Waals surface area contributed by atoms with Crippen molar-refractivity contribution in [2.45, 2.75) is 38.3 Å². The fourth-order valence-corrected chi connectivity index (χ4v) is 6.55. The number of carbonyl (C=O) groups is 1. The van der Waals surface area contributed by atoms with Gasteiger partial charge in [-0.25, -0.2) is 9.78 Å². The lowest BCUT2D eigenvalue weighted by Crippen LogP contribution is -2.54. The van der Waals surface area contributed by atoms with E-state index in [-0.39, 0.29) is 18.3 Å². The van der Waals surface area contributed by atoms with Crippen LogP contribution in [0.5, 0.6) is 0 Å². The van der Waals surface area contributed by atoms with Crippen molar-refractivity contribution in [3.63, 3.8) is 0 Å². The highest BCUT2D eigenvalue weighted by Gasteiger charge is 2.37. The molecule has 0 unspecified atom stereocenters. The fraction of sp³-hybridized carbons (Fsp3) is 0.516. The van der Waals surface area contributed by atoms with Crippen LogP contribution in [-0.2, 0) is 14.2 Å². The van der Waals surface area contributed by atoms with Gasteiger partial charge in [0.05, 0.1) is 36.4 Å². The summed E-state index contributed by atoms with van der Waals surface area (Å²) < 4.78 is 17.2. The summed E-state index contributed by atoms with van der Waals surface area (Å²) >= 11 is 0. The monoisotopic (exact) mass is 601 g/mol. The number of nitrogens with zero attached hydrogens (tertiary/aromatic N) is 8. The van der Waals surface area contributed by atoms with E-state index in [0.717, 1.165) is 73.9 Å². The molecule has 3 aliphatic rings. The van der Waals surface area contributed by atoms with Gasteiger partial charge in [-0.05, 0) is 38.1 Å². The first-order chi connectivity index (χ1) is 21.3. The van der Waals surface area contributed by atoms with Crippen LogP contribution >= 0.6 is 0 Å². The second-order valence-corrected chi connectivity index (χ2v) is 11.7. The summed E-state index contributed by atoms with van der Waals surface area (Å²) in [6.07, 6.45) is 0.286. The highest BCUT2D eigenvalue weighted by Crippen LogP contribution is 2.31. The third kappa shape index (κ3) is 6.33. The highest BCUT2D eigenvalue weighted by atomic mass is 16.6. The third-order valence-corrected chi connectivity index (χ3v) is 8.59. The minimum atomic E-state index is -0.816. The number of hydrogen-bond donors (Lipinski definition) is 1. The van der Waals surface area contributed by atoms with Gasteiger partial charge in [0.2, 0.25) is 5.95 Å². The largest absolute Gasteiger partial charge is 0.442 e. The van der Waals surface area contributed by atoms with Crippen molar-refractivity contribution in [2.24, 2.45) is 5.73 Å². The summed E-state index contributed by atoms with van der Waals surface area (Å²) in [5, 5.41) is 10.6. The Bertz CT molecular complexity index is 1540. The average Bonchev–Trinajstić information content (AvgIpc) is 3.42. The Labute approximate surface area is 257 Å². The quantitative estimate of drug-likeness (QED) is 0.422. The molecular weight excluding hydrogens is 562 g/mol. The Morgan fingerprint density at radius 1 is 1.07 bits per heavy atom. The van der Waals surface area contributed by atoms with E-state index >= 15 is 0 Å². The van der Waals surface area contributed by atoms with Gasteiger partial charge in [-0.15, -0.1) is 0 Å². The molecule has 0 saturated carbocycles. The number of piperazine rings is 1. The van der Waals surface area contributed by atoms with Gasteiger partial charge < -0.3 is 34.6 Å². The molecule has 44 heavy (non-hydrogen) atoms. The molecule has 1 amide bonds. The topological polar surface area (TPSA) is 146 Å². The van der Waals surface area contributed by atoms with E-state index in [0.29, 0.717) is 24.6 Å². The number of aryl methyl sites for hydroxylation is 1. The van der Waals surface area contributed by atoms with Crippen LogP contribution in [0.3, 0.4) is 0 Å². The van der Waals surface area contributed by atoms with Crippen LogP contribution in [0.15, 0.2) is 36.5 Å². The van der Waals surface area contributed by atoms with Crippen LogP contribution in [0.4, 0.5) is 22.2 Å². The lowest BCUT2D eigenvalue weighted by molar-refractivity contribution is -0.0327. The predicted molar refractivity (Wildman–Crippen MR) is 166 cm³/mol. The summed E-state index contributed by atoms with van der Waals surface area (Å²) in [6, 6.07) is 12.2. The van der Waals surface area contributed by atoms with Gasteiger partial charge in [0.1, 0.15) is 24.1 Å². The van der Waals surface area contributed by atoms with Crippen molar-refractivity contribution < 1.29 is 19.0 Å². The standard InChI is InChI=1S/C31H39N9O4/c1-20-13-28(36-31(35-20)40-18-26(42-3)27(19-40)44-30(33)41)38-11-9-37(10-12-38)16-23-17-39(15-21(2)43-23)25-7-6-22(14-32)29-24(25)5-4-8-34-29/h4-8,13,21,23,26-27H,9-12,15-19H2,1-3H3,(H2,33,41)/t21-,23+,26-,27-/m1/s1. The number of hydrogen-bond acceptors (Lipinski definition) is 12. The summed E-state index contributed by atoms with van der Waals surface area (Å²) in [5.41, 5.74) is 8.55. The van der Waals surface area contributed by atoms with E-state index in [1.54, 1.807) is 13.3 Å². The van der Waals surface area contributed by atoms with Crippen LogP contribution in [-0.4, -0.2) is 116 Å². The number of rotatable bonds is 7. The number of pyridine rings is 1. The SMILES string of the molecule is CO[C@@H]1CN(c2nc(C)cc(N3CCN(C[C@H]4CN(c5ccc(C#N)c6ncccc56)C[C@@H](C)O4)CC3)n2)C[C@H]1OC(N)=O. The molecule has 0 spiro atoms. The first-order valence-electron chi connectivity index (χ1n) is 15.1. The second kappa shape index (κ2) is 12.8. The van der Waals surface area contributed by atoms with Crippen molar-refractivity contribution in [2.75, 3.05) is 80.7 Å².